The van der Waals surface area contributed by atoms with Crippen molar-refractivity contribution in [2.24, 2.45) is 5.92 Å². The number of allylic oxidation sites excluding steroid dienone is 4. The van der Waals surface area contributed by atoms with E-state index in [-0.39, 0.29) is 23.4 Å². The van der Waals surface area contributed by atoms with Crippen LogP contribution in [0.5, 0.6) is 0 Å². The molecule has 1 unspecified atom stereocenters. The molecule has 2 nitrogen and oxygen atoms in total. The van der Waals surface area contributed by atoms with Gasteiger partial charge in [0.15, 0.2) is 0 Å². The highest BCUT2D eigenvalue weighted by Crippen LogP contribution is 2.17. The van der Waals surface area contributed by atoms with Crippen LogP contribution in [0.4, 0.5) is 0 Å². The lowest BCUT2D eigenvalue weighted by atomic mass is 9.93. The van der Waals surface area contributed by atoms with Gasteiger partial charge in [-0.15, -0.1) is 11.6 Å². The van der Waals surface area contributed by atoms with Crippen LogP contribution in [0.25, 0.3) is 0 Å². The average Bonchev–Trinajstić information content (AvgIpc) is 2.99. The summed E-state index contributed by atoms with van der Waals surface area (Å²) in [5, 5.41) is 0. The van der Waals surface area contributed by atoms with E-state index in [0.29, 0.717) is 19.3 Å². The summed E-state index contributed by atoms with van der Waals surface area (Å²) in [4.78, 5) is 25.0. The quantitative estimate of drug-likeness (QED) is 0.0414. The Balaban J connectivity index is 3.61. The molecule has 3 heteroatoms. The number of carbonyl (C=O) groups excluding carboxylic acids is 2. The normalized spacial score (nSPS) is 12.5. The van der Waals surface area contributed by atoms with E-state index < -0.39 is 0 Å². The van der Waals surface area contributed by atoms with E-state index >= 15 is 0 Å². The molecule has 0 saturated heterocycles. The lowest BCUT2D eigenvalue weighted by Crippen LogP contribution is -2.20. The highest BCUT2D eigenvalue weighted by Gasteiger charge is 2.20. The summed E-state index contributed by atoms with van der Waals surface area (Å²) in [5.74, 6) is 0.415. The van der Waals surface area contributed by atoms with Crippen LogP contribution in [-0.2, 0) is 9.59 Å². The van der Waals surface area contributed by atoms with Gasteiger partial charge >= 0.3 is 0 Å². The van der Waals surface area contributed by atoms with Crippen LogP contribution in [-0.4, -0.2) is 17.4 Å². The van der Waals surface area contributed by atoms with Crippen LogP contribution >= 0.6 is 11.6 Å². The van der Waals surface area contributed by atoms with Gasteiger partial charge in [-0.2, -0.15) is 0 Å². The Kier molecular flexibility index (Phi) is 33.9. The van der Waals surface area contributed by atoms with Crippen LogP contribution in [0.3, 0.4) is 0 Å². The first-order valence-electron chi connectivity index (χ1n) is 18.6. The monoisotopic (exact) mass is 607 g/mol. The number of Topliss-reactive ketones (excluding diaryl/α,β-unsaturated/α-hetero) is 2. The summed E-state index contributed by atoms with van der Waals surface area (Å²) in [7, 11) is 0. The molecule has 0 fully saturated rings. The minimum atomic E-state index is -0.279. The molecule has 246 valence electrons. The Morgan fingerprint density at radius 3 is 1.19 bits per heavy atom. The SMILES string of the molecule is CCCCCCCC/C=C\CCCCCCCC(=O)CC(CCl)C(=O)CCCCCCC/C=C\CCCCCCCC. The van der Waals surface area contributed by atoms with Gasteiger partial charge in [0, 0.05) is 31.1 Å². The van der Waals surface area contributed by atoms with Crippen LogP contribution in [0.15, 0.2) is 24.3 Å². The van der Waals surface area contributed by atoms with Crippen LogP contribution in [0, 0.1) is 5.92 Å². The fourth-order valence-electron chi connectivity index (χ4n) is 5.60. The Morgan fingerprint density at radius 1 is 0.476 bits per heavy atom. The van der Waals surface area contributed by atoms with Crippen molar-refractivity contribution in [3.63, 3.8) is 0 Å². The second-order valence-corrected chi connectivity index (χ2v) is 13.0. The van der Waals surface area contributed by atoms with E-state index in [0.717, 1.165) is 25.7 Å². The maximum Gasteiger partial charge on any atom is 0.137 e. The highest BCUT2D eigenvalue weighted by molar-refractivity contribution is 6.19. The molecule has 0 radical (unpaired) electrons. The zero-order chi connectivity index (χ0) is 30.8. The minimum absolute atomic E-state index is 0.195. The predicted octanol–water partition coefficient (Wildman–Crippen LogP) is 13.4. The number of rotatable bonds is 34. The van der Waals surface area contributed by atoms with Gasteiger partial charge in [0.2, 0.25) is 0 Å². The van der Waals surface area contributed by atoms with Gasteiger partial charge in [0.1, 0.15) is 11.6 Å². The number of alkyl halides is 1. The summed E-state index contributed by atoms with van der Waals surface area (Å²) in [6.07, 6.45) is 43.7. The van der Waals surface area contributed by atoms with E-state index in [2.05, 4.69) is 38.2 Å². The minimum Gasteiger partial charge on any atom is -0.300 e. The first-order chi connectivity index (χ1) is 20.7. The average molecular weight is 607 g/mol. The van der Waals surface area contributed by atoms with Gasteiger partial charge in [-0.1, -0.05) is 141 Å². The topological polar surface area (TPSA) is 34.1 Å². The van der Waals surface area contributed by atoms with Crippen LogP contribution < -0.4 is 0 Å². The lowest BCUT2D eigenvalue weighted by molar-refractivity contribution is -0.127. The molecule has 0 amide bonds. The highest BCUT2D eigenvalue weighted by atomic mass is 35.5. The number of carbonyl (C=O) groups is 2. The van der Waals surface area contributed by atoms with Gasteiger partial charge in [0.05, 0.1) is 0 Å². The standard InChI is InChI=1S/C39H71ClO2/c1-3-5-7-9-11-13-15-17-19-21-23-25-27-29-31-33-38(41)35-37(36-40)39(42)34-32-30-28-26-24-22-20-18-16-14-12-10-8-6-4-2/h17-20,37H,3-16,21-36H2,1-2H3/b19-17-,20-18-. The molecule has 0 aliphatic heterocycles. The molecule has 0 aromatic rings. The number of hydrogen-bond donors (Lipinski definition) is 0. The Labute approximate surface area is 268 Å². The summed E-state index contributed by atoms with van der Waals surface area (Å²) < 4.78 is 0. The molecular weight excluding hydrogens is 536 g/mol. The number of ketones is 2. The molecule has 0 spiro atoms. The zero-order valence-corrected chi connectivity index (χ0v) is 29.1. The van der Waals surface area contributed by atoms with Crippen molar-refractivity contribution >= 4 is 23.2 Å². The second kappa shape index (κ2) is 34.6. The third-order valence-corrected chi connectivity index (χ3v) is 8.89. The second-order valence-electron chi connectivity index (χ2n) is 12.7. The van der Waals surface area contributed by atoms with Gasteiger partial charge < -0.3 is 0 Å². The first kappa shape index (κ1) is 41.1. The van der Waals surface area contributed by atoms with E-state index in [1.54, 1.807) is 0 Å². The molecule has 1 atom stereocenters. The summed E-state index contributed by atoms with van der Waals surface area (Å²) in [6, 6.07) is 0. The van der Waals surface area contributed by atoms with E-state index in [1.165, 1.54) is 141 Å². The van der Waals surface area contributed by atoms with E-state index in [9.17, 15) is 9.59 Å². The molecule has 0 aromatic carbocycles. The van der Waals surface area contributed by atoms with Crippen LogP contribution in [0.2, 0.25) is 0 Å². The van der Waals surface area contributed by atoms with Crippen molar-refractivity contribution in [2.45, 2.75) is 200 Å². The molecule has 0 aromatic heterocycles. The largest absolute Gasteiger partial charge is 0.300 e. The lowest BCUT2D eigenvalue weighted by Gasteiger charge is -2.12. The molecular formula is C39H71ClO2. The first-order valence-corrected chi connectivity index (χ1v) is 19.1. The summed E-state index contributed by atoms with van der Waals surface area (Å²) in [5.41, 5.74) is 0. The smallest absolute Gasteiger partial charge is 0.137 e. The van der Waals surface area contributed by atoms with Crippen LogP contribution in [0.1, 0.15) is 200 Å². The molecule has 0 N–H and O–H groups in total. The molecule has 0 bridgehead atoms. The maximum absolute atomic E-state index is 12.6. The molecule has 0 heterocycles. The van der Waals surface area contributed by atoms with Crippen molar-refractivity contribution in [1.82, 2.24) is 0 Å². The van der Waals surface area contributed by atoms with Gasteiger partial charge in [-0.3, -0.25) is 9.59 Å². The van der Waals surface area contributed by atoms with E-state index in [1.807, 2.05) is 0 Å². The zero-order valence-electron chi connectivity index (χ0n) is 28.3. The molecule has 0 aliphatic carbocycles. The molecule has 42 heavy (non-hydrogen) atoms. The van der Waals surface area contributed by atoms with Crippen molar-refractivity contribution < 1.29 is 9.59 Å². The van der Waals surface area contributed by atoms with Crippen molar-refractivity contribution in [1.29, 1.82) is 0 Å². The van der Waals surface area contributed by atoms with E-state index in [4.69, 9.17) is 11.6 Å². The number of unbranched alkanes of at least 4 members (excludes halogenated alkanes) is 22. The molecule has 0 aliphatic rings. The Hall–Kier alpha value is -0.890. The van der Waals surface area contributed by atoms with Gasteiger partial charge in [-0.05, 0) is 64.2 Å². The third-order valence-electron chi connectivity index (χ3n) is 8.52. The fourth-order valence-corrected chi connectivity index (χ4v) is 5.88. The van der Waals surface area contributed by atoms with Gasteiger partial charge in [-0.25, -0.2) is 0 Å². The van der Waals surface area contributed by atoms with Crippen molar-refractivity contribution in [3.05, 3.63) is 24.3 Å². The molecule has 0 saturated carbocycles. The Morgan fingerprint density at radius 2 is 0.810 bits per heavy atom. The molecule has 0 rings (SSSR count). The predicted molar refractivity (Wildman–Crippen MR) is 188 cm³/mol. The Bertz CT molecular complexity index is 638. The number of halogens is 1. The summed E-state index contributed by atoms with van der Waals surface area (Å²) >= 11 is 6.09. The number of hydrogen-bond acceptors (Lipinski definition) is 2. The maximum atomic E-state index is 12.6. The fraction of sp³-hybridized carbons (Fsp3) is 0.846. The third kappa shape index (κ3) is 30.6. The summed E-state index contributed by atoms with van der Waals surface area (Å²) in [6.45, 7) is 4.54. The van der Waals surface area contributed by atoms with Crippen molar-refractivity contribution in [3.8, 4) is 0 Å². The van der Waals surface area contributed by atoms with Gasteiger partial charge in [0.25, 0.3) is 0 Å². The van der Waals surface area contributed by atoms with Crippen molar-refractivity contribution in [2.75, 3.05) is 5.88 Å².